The van der Waals surface area contributed by atoms with Crippen LogP contribution in [0.25, 0.3) is 0 Å². The molecule has 2 heterocycles. The van der Waals surface area contributed by atoms with Crippen molar-refractivity contribution in [3.8, 4) is 0 Å². The van der Waals surface area contributed by atoms with Gasteiger partial charge >= 0.3 is 0 Å². The molecule has 20 heavy (non-hydrogen) atoms. The van der Waals surface area contributed by atoms with E-state index in [4.69, 9.17) is 0 Å². The monoisotopic (exact) mass is 312 g/mol. The summed E-state index contributed by atoms with van der Waals surface area (Å²) in [6.45, 7) is 1.99. The number of hydrogen-bond acceptors (Lipinski definition) is 6. The molecular formula is C12H16N4O2S2. The zero-order chi connectivity index (χ0) is 14.8. The zero-order valence-corrected chi connectivity index (χ0v) is 13.1. The van der Waals surface area contributed by atoms with Gasteiger partial charge in [-0.05, 0) is 18.6 Å². The second kappa shape index (κ2) is 5.76. The van der Waals surface area contributed by atoms with Crippen molar-refractivity contribution < 1.29 is 8.42 Å². The van der Waals surface area contributed by atoms with Gasteiger partial charge < -0.3 is 4.90 Å². The average Bonchev–Trinajstić information content (AvgIpc) is 2.88. The van der Waals surface area contributed by atoms with Crippen molar-refractivity contribution in [1.82, 2.24) is 9.97 Å². The second-order valence-corrected chi connectivity index (χ2v) is 7.42. The van der Waals surface area contributed by atoms with Gasteiger partial charge in [-0.1, -0.05) is 6.92 Å². The predicted octanol–water partition coefficient (Wildman–Crippen LogP) is 1.97. The van der Waals surface area contributed by atoms with Crippen molar-refractivity contribution in [2.24, 2.45) is 0 Å². The third-order valence-corrected chi connectivity index (χ3v) is 5.64. The Labute approximate surface area is 122 Å². The lowest BCUT2D eigenvalue weighted by Gasteiger charge is -2.10. The molecule has 0 atom stereocenters. The number of nitrogens with zero attached hydrogens (tertiary/aromatic N) is 3. The Balaban J connectivity index is 2.19. The number of hydrogen-bond donors (Lipinski definition) is 1. The quantitative estimate of drug-likeness (QED) is 0.913. The molecule has 0 saturated heterocycles. The van der Waals surface area contributed by atoms with Gasteiger partial charge in [0, 0.05) is 19.0 Å². The first-order valence-electron chi connectivity index (χ1n) is 6.03. The summed E-state index contributed by atoms with van der Waals surface area (Å²) >= 11 is 1.27. The molecule has 0 saturated carbocycles. The highest BCUT2D eigenvalue weighted by Gasteiger charge is 2.17. The number of aromatic nitrogens is 2. The Hall–Kier alpha value is -1.67. The van der Waals surface area contributed by atoms with Gasteiger partial charge in [0.1, 0.15) is 4.21 Å². The molecule has 6 nitrogen and oxygen atoms in total. The summed E-state index contributed by atoms with van der Waals surface area (Å²) in [4.78, 5) is 10.9. The van der Waals surface area contributed by atoms with Gasteiger partial charge in [-0.25, -0.2) is 18.4 Å². The van der Waals surface area contributed by atoms with Crippen molar-refractivity contribution in [3.05, 3.63) is 29.4 Å². The molecule has 0 spiro atoms. The van der Waals surface area contributed by atoms with Gasteiger partial charge in [0.15, 0.2) is 0 Å². The molecule has 0 radical (unpaired) electrons. The number of aryl methyl sites for hydroxylation is 1. The lowest BCUT2D eigenvalue weighted by Crippen LogP contribution is -2.15. The van der Waals surface area contributed by atoms with Crippen LogP contribution in [0.3, 0.4) is 0 Å². The van der Waals surface area contributed by atoms with Crippen LogP contribution in [0.5, 0.6) is 0 Å². The molecule has 0 unspecified atom stereocenters. The van der Waals surface area contributed by atoms with Gasteiger partial charge in [-0.3, -0.25) is 4.72 Å². The SMILES string of the molecule is CCc1ccc(S(=O)(=O)Nc2cnc(N(C)C)nc2)s1. The molecule has 2 aromatic heterocycles. The van der Waals surface area contributed by atoms with Gasteiger partial charge in [0.05, 0.1) is 18.1 Å². The van der Waals surface area contributed by atoms with Crippen molar-refractivity contribution in [2.45, 2.75) is 17.6 Å². The maximum absolute atomic E-state index is 12.2. The maximum Gasteiger partial charge on any atom is 0.271 e. The van der Waals surface area contributed by atoms with E-state index >= 15 is 0 Å². The van der Waals surface area contributed by atoms with Crippen molar-refractivity contribution in [2.75, 3.05) is 23.7 Å². The zero-order valence-electron chi connectivity index (χ0n) is 11.5. The molecule has 8 heteroatoms. The van der Waals surface area contributed by atoms with Crippen molar-refractivity contribution >= 4 is 33.0 Å². The molecule has 108 valence electrons. The van der Waals surface area contributed by atoms with Gasteiger partial charge in [0.2, 0.25) is 5.95 Å². The van der Waals surface area contributed by atoms with Crippen LogP contribution in [-0.4, -0.2) is 32.5 Å². The van der Waals surface area contributed by atoms with E-state index in [2.05, 4.69) is 14.7 Å². The third kappa shape index (κ3) is 3.26. The number of thiophene rings is 1. The lowest BCUT2D eigenvalue weighted by atomic mass is 10.4. The second-order valence-electron chi connectivity index (χ2n) is 4.35. The Bertz CT molecular complexity index is 678. The van der Waals surface area contributed by atoms with E-state index in [1.54, 1.807) is 11.0 Å². The first-order chi connectivity index (χ1) is 9.42. The fraction of sp³-hybridized carbons (Fsp3) is 0.333. The number of anilines is 2. The van der Waals surface area contributed by atoms with Crippen LogP contribution in [0.15, 0.2) is 28.7 Å². The molecule has 0 aliphatic rings. The topological polar surface area (TPSA) is 75.2 Å². The van der Waals surface area contributed by atoms with E-state index in [9.17, 15) is 8.42 Å². The number of nitrogens with one attached hydrogen (secondary N) is 1. The minimum absolute atomic E-state index is 0.297. The van der Waals surface area contributed by atoms with Gasteiger partial charge in [0.25, 0.3) is 10.0 Å². The highest BCUT2D eigenvalue weighted by molar-refractivity contribution is 7.94. The summed E-state index contributed by atoms with van der Waals surface area (Å²) in [5.41, 5.74) is 0.349. The summed E-state index contributed by atoms with van der Waals surface area (Å²) in [5.74, 6) is 0.525. The molecule has 2 rings (SSSR count). The third-order valence-electron chi connectivity index (χ3n) is 2.54. The number of rotatable bonds is 5. The normalized spacial score (nSPS) is 11.3. The van der Waals surface area contributed by atoms with E-state index in [-0.39, 0.29) is 0 Å². The van der Waals surface area contributed by atoms with E-state index in [1.165, 1.54) is 23.7 Å². The molecule has 0 bridgehead atoms. The molecule has 0 aromatic carbocycles. The highest BCUT2D eigenvalue weighted by Crippen LogP contribution is 2.24. The van der Waals surface area contributed by atoms with Crippen molar-refractivity contribution in [3.63, 3.8) is 0 Å². The Kier molecular flexibility index (Phi) is 4.24. The minimum atomic E-state index is -3.56. The van der Waals surface area contributed by atoms with Crippen LogP contribution in [0.1, 0.15) is 11.8 Å². The molecule has 1 N–H and O–H groups in total. The van der Waals surface area contributed by atoms with Crippen LogP contribution in [0.4, 0.5) is 11.6 Å². The summed E-state index contributed by atoms with van der Waals surface area (Å²) in [6.07, 6.45) is 3.73. The van der Waals surface area contributed by atoms with Crippen LogP contribution < -0.4 is 9.62 Å². The largest absolute Gasteiger partial charge is 0.347 e. The standard InChI is InChI=1S/C12H16N4O2S2/c1-4-10-5-6-11(19-10)20(17,18)15-9-7-13-12(14-8-9)16(2)3/h5-8,15H,4H2,1-3H3. The molecule has 0 aliphatic heterocycles. The van der Waals surface area contributed by atoms with E-state index in [1.807, 2.05) is 27.1 Å². The first kappa shape index (κ1) is 14.7. The highest BCUT2D eigenvalue weighted by atomic mass is 32.2. The summed E-state index contributed by atoms with van der Waals surface area (Å²) in [7, 11) is 0.0724. The maximum atomic E-state index is 12.2. The summed E-state index contributed by atoms with van der Waals surface area (Å²) in [6, 6.07) is 3.44. The Morgan fingerprint density at radius 3 is 2.40 bits per heavy atom. The molecule has 0 aliphatic carbocycles. The average molecular weight is 312 g/mol. The first-order valence-corrected chi connectivity index (χ1v) is 8.33. The van der Waals surface area contributed by atoms with Crippen LogP contribution in [-0.2, 0) is 16.4 Å². The number of sulfonamides is 1. The van der Waals surface area contributed by atoms with E-state index < -0.39 is 10.0 Å². The molecule has 0 amide bonds. The van der Waals surface area contributed by atoms with Crippen LogP contribution in [0.2, 0.25) is 0 Å². The molecule has 0 fully saturated rings. The Morgan fingerprint density at radius 2 is 1.90 bits per heavy atom. The van der Waals surface area contributed by atoms with Crippen molar-refractivity contribution in [1.29, 1.82) is 0 Å². The summed E-state index contributed by atoms with van der Waals surface area (Å²) < 4.78 is 27.1. The fourth-order valence-corrected chi connectivity index (χ4v) is 3.83. The molecule has 2 aromatic rings. The van der Waals surface area contributed by atoms with Crippen LogP contribution in [0, 0.1) is 0 Å². The smallest absolute Gasteiger partial charge is 0.271 e. The van der Waals surface area contributed by atoms with E-state index in [0.29, 0.717) is 15.8 Å². The molecular weight excluding hydrogens is 296 g/mol. The Morgan fingerprint density at radius 1 is 1.25 bits per heavy atom. The van der Waals surface area contributed by atoms with Crippen LogP contribution >= 0.6 is 11.3 Å². The van der Waals surface area contributed by atoms with Gasteiger partial charge in [-0.2, -0.15) is 0 Å². The predicted molar refractivity (Wildman–Crippen MR) is 80.9 cm³/mol. The van der Waals surface area contributed by atoms with E-state index in [0.717, 1.165) is 11.3 Å². The fourth-order valence-electron chi connectivity index (χ4n) is 1.50. The lowest BCUT2D eigenvalue weighted by molar-refractivity contribution is 0.603. The minimum Gasteiger partial charge on any atom is -0.347 e. The van der Waals surface area contributed by atoms with Gasteiger partial charge in [-0.15, -0.1) is 11.3 Å². The summed E-state index contributed by atoms with van der Waals surface area (Å²) in [5, 5.41) is 0.